The summed E-state index contributed by atoms with van der Waals surface area (Å²) >= 11 is 0. The van der Waals surface area contributed by atoms with E-state index in [4.69, 9.17) is 0 Å². The summed E-state index contributed by atoms with van der Waals surface area (Å²) in [6.45, 7) is 0. The average Bonchev–Trinajstić information content (AvgIpc) is 3.18. The van der Waals surface area contributed by atoms with Gasteiger partial charge < -0.3 is 9.67 Å². The van der Waals surface area contributed by atoms with Crippen LogP contribution in [-0.2, 0) is 0 Å². The molecule has 0 saturated heterocycles. The normalized spacial score (nSPS) is 16.5. The highest BCUT2D eigenvalue weighted by atomic mass is 16.6. The molecule has 0 amide bonds. The number of aliphatic hydroxyl groups is 1. The Balaban J connectivity index is 1.66. The van der Waals surface area contributed by atoms with Crippen molar-refractivity contribution < 1.29 is 10.0 Å². The van der Waals surface area contributed by atoms with Crippen LogP contribution >= 0.6 is 0 Å². The maximum atomic E-state index is 10.9. The van der Waals surface area contributed by atoms with E-state index in [0.717, 1.165) is 16.8 Å². The third kappa shape index (κ3) is 2.28. The zero-order valence-electron chi connectivity index (χ0n) is 12.7. The Labute approximate surface area is 138 Å². The van der Waals surface area contributed by atoms with E-state index in [1.807, 2.05) is 35.0 Å². The molecule has 3 aromatic rings. The van der Waals surface area contributed by atoms with Crippen molar-refractivity contribution >= 4 is 5.69 Å². The van der Waals surface area contributed by atoms with Gasteiger partial charge in [0, 0.05) is 24.1 Å². The minimum absolute atomic E-state index is 0.0123. The summed E-state index contributed by atoms with van der Waals surface area (Å²) in [6, 6.07) is 14.2. The zero-order chi connectivity index (χ0) is 16.7. The van der Waals surface area contributed by atoms with E-state index in [2.05, 4.69) is 4.98 Å². The van der Waals surface area contributed by atoms with Crippen LogP contribution in [0.25, 0.3) is 11.3 Å². The van der Waals surface area contributed by atoms with Crippen LogP contribution in [0.2, 0.25) is 0 Å². The molecular weight excluding hydrogens is 306 g/mol. The number of aliphatic hydroxyl groups excluding tert-OH is 1. The summed E-state index contributed by atoms with van der Waals surface area (Å²) < 4.78 is 2.05. The van der Waals surface area contributed by atoms with E-state index in [-0.39, 0.29) is 11.7 Å². The smallest absolute Gasteiger partial charge is 0.269 e. The maximum Gasteiger partial charge on any atom is 0.269 e. The number of imidazole rings is 1. The van der Waals surface area contributed by atoms with E-state index in [1.165, 1.54) is 12.1 Å². The Hall–Kier alpha value is -2.99. The number of non-ortho nitro benzene ring substituents is 1. The molecule has 2 aromatic carbocycles. The van der Waals surface area contributed by atoms with Crippen molar-refractivity contribution in [3.05, 3.63) is 82.3 Å². The van der Waals surface area contributed by atoms with Crippen LogP contribution < -0.4 is 0 Å². The lowest BCUT2D eigenvalue weighted by atomic mass is 9.95. The first-order valence-corrected chi connectivity index (χ1v) is 7.68. The lowest BCUT2D eigenvalue weighted by molar-refractivity contribution is -0.385. The van der Waals surface area contributed by atoms with Crippen LogP contribution in [0.15, 0.2) is 61.1 Å². The Morgan fingerprint density at radius 1 is 1.25 bits per heavy atom. The molecule has 0 fully saturated rings. The predicted molar refractivity (Wildman–Crippen MR) is 88.5 cm³/mol. The van der Waals surface area contributed by atoms with E-state index >= 15 is 0 Å². The molecule has 120 valence electrons. The lowest BCUT2D eigenvalue weighted by Gasteiger charge is -2.19. The molecule has 0 aliphatic carbocycles. The number of nitro groups is 1. The first kappa shape index (κ1) is 14.6. The molecule has 6 nitrogen and oxygen atoms in total. The van der Waals surface area contributed by atoms with Crippen molar-refractivity contribution in [2.24, 2.45) is 0 Å². The van der Waals surface area contributed by atoms with Gasteiger partial charge in [-0.1, -0.05) is 36.4 Å². The maximum absolute atomic E-state index is 10.9. The highest BCUT2D eigenvalue weighted by molar-refractivity contribution is 5.68. The van der Waals surface area contributed by atoms with Crippen LogP contribution in [0.5, 0.6) is 0 Å². The minimum atomic E-state index is -0.795. The number of rotatable bonds is 4. The number of nitro benzene ring substituents is 1. The highest BCUT2D eigenvalue weighted by Crippen LogP contribution is 2.43. The van der Waals surface area contributed by atoms with Crippen molar-refractivity contribution in [1.82, 2.24) is 9.55 Å². The van der Waals surface area contributed by atoms with Crippen molar-refractivity contribution in [1.29, 1.82) is 0 Å². The Morgan fingerprint density at radius 3 is 2.92 bits per heavy atom. The van der Waals surface area contributed by atoms with Crippen LogP contribution in [0.4, 0.5) is 5.69 Å². The fraction of sp³-hybridized carbons (Fsp3) is 0.167. The topological polar surface area (TPSA) is 81.2 Å². The zero-order valence-corrected chi connectivity index (χ0v) is 12.7. The first-order chi connectivity index (χ1) is 11.6. The summed E-state index contributed by atoms with van der Waals surface area (Å²) in [6.07, 6.45) is 3.22. The molecular formula is C18H15N3O3. The number of hydrogen-bond acceptors (Lipinski definition) is 4. The van der Waals surface area contributed by atoms with Gasteiger partial charge in [-0.2, -0.15) is 0 Å². The number of aromatic nitrogens is 2. The molecule has 24 heavy (non-hydrogen) atoms. The molecule has 0 bridgehead atoms. The van der Waals surface area contributed by atoms with E-state index in [1.54, 1.807) is 18.5 Å². The Kier molecular flexibility index (Phi) is 3.39. The highest BCUT2D eigenvalue weighted by Gasteiger charge is 2.30. The lowest BCUT2D eigenvalue weighted by Crippen LogP contribution is -2.10. The molecule has 0 radical (unpaired) electrons. The van der Waals surface area contributed by atoms with Gasteiger partial charge in [0.25, 0.3) is 5.69 Å². The molecule has 2 unspecified atom stereocenters. The summed E-state index contributed by atoms with van der Waals surface area (Å²) in [7, 11) is 0. The second kappa shape index (κ2) is 5.58. The van der Waals surface area contributed by atoms with Crippen LogP contribution in [0.1, 0.15) is 29.7 Å². The third-order valence-electron chi connectivity index (χ3n) is 4.51. The van der Waals surface area contributed by atoms with Gasteiger partial charge in [-0.3, -0.25) is 10.1 Å². The SMILES string of the molecule is O=[N+]([O-])c1cccc(C(O)CC2c3ccccc3-c3cncn32)c1. The van der Waals surface area contributed by atoms with Gasteiger partial charge in [-0.25, -0.2) is 4.98 Å². The predicted octanol–water partition coefficient (Wildman–Crippen LogP) is 3.48. The molecule has 1 aliphatic rings. The molecule has 1 aromatic heterocycles. The van der Waals surface area contributed by atoms with Crippen molar-refractivity contribution in [2.45, 2.75) is 18.6 Å². The largest absolute Gasteiger partial charge is 0.388 e. The summed E-state index contributed by atoms with van der Waals surface area (Å²) in [5.41, 5.74) is 3.82. The Bertz CT molecular complexity index is 919. The van der Waals surface area contributed by atoms with Gasteiger partial charge in [-0.15, -0.1) is 0 Å². The van der Waals surface area contributed by atoms with Gasteiger partial charge in [0.05, 0.1) is 35.3 Å². The van der Waals surface area contributed by atoms with Crippen LogP contribution in [0, 0.1) is 10.1 Å². The molecule has 2 heterocycles. The van der Waals surface area contributed by atoms with Crippen molar-refractivity contribution in [2.75, 3.05) is 0 Å². The first-order valence-electron chi connectivity index (χ1n) is 7.68. The summed E-state index contributed by atoms with van der Waals surface area (Å²) in [4.78, 5) is 14.7. The number of hydrogen-bond donors (Lipinski definition) is 1. The molecule has 6 heteroatoms. The third-order valence-corrected chi connectivity index (χ3v) is 4.51. The molecule has 0 spiro atoms. The van der Waals surface area contributed by atoms with Gasteiger partial charge in [0.2, 0.25) is 0 Å². The number of nitrogens with zero attached hydrogens (tertiary/aromatic N) is 3. The van der Waals surface area contributed by atoms with E-state index < -0.39 is 11.0 Å². The van der Waals surface area contributed by atoms with E-state index in [9.17, 15) is 15.2 Å². The second-order valence-electron chi connectivity index (χ2n) is 5.89. The molecule has 2 atom stereocenters. The van der Waals surface area contributed by atoms with Gasteiger partial charge in [0.15, 0.2) is 0 Å². The van der Waals surface area contributed by atoms with Crippen molar-refractivity contribution in [3.8, 4) is 11.3 Å². The number of benzene rings is 2. The van der Waals surface area contributed by atoms with Crippen molar-refractivity contribution in [3.63, 3.8) is 0 Å². The van der Waals surface area contributed by atoms with Gasteiger partial charge in [-0.05, 0) is 11.1 Å². The second-order valence-corrected chi connectivity index (χ2v) is 5.89. The quantitative estimate of drug-likeness (QED) is 0.589. The average molecular weight is 321 g/mol. The monoisotopic (exact) mass is 321 g/mol. The fourth-order valence-electron chi connectivity index (χ4n) is 3.37. The standard InChI is InChI=1S/C18H15N3O3/c22-18(12-4-3-5-13(8-12)21(23)24)9-16-14-6-1-2-7-15(14)17-10-19-11-20(16)17/h1-8,10-11,16,18,22H,9H2. The van der Waals surface area contributed by atoms with E-state index in [0.29, 0.717) is 12.0 Å². The molecule has 0 saturated carbocycles. The molecule has 4 rings (SSSR count). The fourth-order valence-corrected chi connectivity index (χ4v) is 3.37. The molecule has 1 aliphatic heterocycles. The molecule has 1 N–H and O–H groups in total. The number of fused-ring (bicyclic) bond motifs is 3. The summed E-state index contributed by atoms with van der Waals surface area (Å²) in [5, 5.41) is 21.5. The minimum Gasteiger partial charge on any atom is -0.388 e. The van der Waals surface area contributed by atoms with Crippen LogP contribution in [0.3, 0.4) is 0 Å². The summed E-state index contributed by atoms with van der Waals surface area (Å²) in [5.74, 6) is 0. The van der Waals surface area contributed by atoms with Crippen LogP contribution in [-0.4, -0.2) is 19.6 Å². The van der Waals surface area contributed by atoms with Gasteiger partial charge >= 0.3 is 0 Å². The van der Waals surface area contributed by atoms with Gasteiger partial charge in [0.1, 0.15) is 0 Å². The Morgan fingerprint density at radius 2 is 2.08 bits per heavy atom.